The van der Waals surface area contributed by atoms with E-state index < -0.39 is 151 Å². The van der Waals surface area contributed by atoms with Gasteiger partial charge in [-0.25, -0.2) is 52.6 Å². The Hall–Kier alpha value is -3.92. The van der Waals surface area contributed by atoms with Gasteiger partial charge in [0.05, 0.1) is 44.3 Å². The van der Waals surface area contributed by atoms with Crippen molar-refractivity contribution < 1.29 is 88.4 Å². The Balaban J connectivity index is 1.26. The second kappa shape index (κ2) is 22.7. The van der Waals surface area contributed by atoms with Crippen molar-refractivity contribution in [3.8, 4) is 0 Å². The van der Waals surface area contributed by atoms with Crippen LogP contribution in [0.2, 0.25) is 0 Å². The maximum absolute atomic E-state index is 14.2. The van der Waals surface area contributed by atoms with Crippen LogP contribution >= 0.6 is 0 Å². The van der Waals surface area contributed by atoms with Crippen molar-refractivity contribution >= 4 is 40.1 Å². The Morgan fingerprint density at radius 1 is 0.452 bits per heavy atom. The van der Waals surface area contributed by atoms with Gasteiger partial charge in [-0.05, 0) is 82.6 Å². The molecule has 0 aromatic heterocycles. The zero-order chi connectivity index (χ0) is 53.4. The number of sulfonamides is 4. The van der Waals surface area contributed by atoms with E-state index in [1.54, 1.807) is 39.8 Å². The fraction of sp³-hybridized carbons (Fsp3) is 0.478. The highest BCUT2D eigenvalue weighted by atomic mass is 32.2. The number of benzene rings is 4. The van der Waals surface area contributed by atoms with E-state index in [2.05, 4.69) is 18.9 Å². The predicted molar refractivity (Wildman–Crippen MR) is 257 cm³/mol. The van der Waals surface area contributed by atoms with Crippen LogP contribution in [0.1, 0.15) is 28.7 Å². The lowest BCUT2D eigenvalue weighted by atomic mass is 9.84. The van der Waals surface area contributed by atoms with Gasteiger partial charge < -0.3 is 54.7 Å². The number of aliphatic hydroxyl groups excluding tert-OH is 7. The molecule has 23 nitrogen and oxygen atoms in total. The summed E-state index contributed by atoms with van der Waals surface area (Å²) in [5, 5.41) is 79.3. The minimum Gasteiger partial charge on any atom is -0.394 e. The van der Waals surface area contributed by atoms with E-state index in [4.69, 9.17) is 18.9 Å². The van der Waals surface area contributed by atoms with Gasteiger partial charge in [-0.1, -0.05) is 70.8 Å². The van der Waals surface area contributed by atoms with Gasteiger partial charge in [-0.2, -0.15) is 0 Å². The third kappa shape index (κ3) is 13.0. The molecule has 27 heteroatoms. The van der Waals surface area contributed by atoms with E-state index in [0.29, 0.717) is 16.7 Å². The first-order valence-corrected chi connectivity index (χ1v) is 28.8. The van der Waals surface area contributed by atoms with Gasteiger partial charge in [0.25, 0.3) is 0 Å². The molecule has 73 heavy (non-hydrogen) atoms. The fourth-order valence-electron chi connectivity index (χ4n) is 8.56. The molecule has 4 aromatic carbocycles. The number of nitrogens with one attached hydrogen (secondary N) is 4. The summed E-state index contributed by atoms with van der Waals surface area (Å²) in [4.78, 5) is -1.02. The smallest absolute Gasteiger partial charge is 0.241 e. The molecule has 1 saturated carbocycles. The third-order valence-corrected chi connectivity index (χ3v) is 18.7. The number of ether oxygens (including phenoxy) is 4. The molecule has 0 unspecified atom stereocenters. The first kappa shape index (κ1) is 56.8. The van der Waals surface area contributed by atoms with Crippen molar-refractivity contribution in [1.29, 1.82) is 0 Å². The van der Waals surface area contributed by atoms with Crippen LogP contribution in [0.4, 0.5) is 0 Å². The summed E-state index contributed by atoms with van der Waals surface area (Å²) >= 11 is 0. The molecule has 3 aliphatic rings. The summed E-state index contributed by atoms with van der Waals surface area (Å²) in [6.45, 7) is 5.14. The van der Waals surface area contributed by atoms with Crippen LogP contribution in [0.25, 0.3) is 0 Å². The quantitative estimate of drug-likeness (QED) is 0.0514. The fourth-order valence-corrected chi connectivity index (χ4v) is 13.4. The first-order valence-electron chi connectivity index (χ1n) is 22.9. The minimum atomic E-state index is -4.63. The molecule has 11 N–H and O–H groups in total. The topological polar surface area (TPSA) is 363 Å². The van der Waals surface area contributed by atoms with E-state index >= 15 is 0 Å². The van der Waals surface area contributed by atoms with Gasteiger partial charge >= 0.3 is 0 Å². The largest absolute Gasteiger partial charge is 0.394 e. The molecule has 1 aliphatic carbocycles. The molecule has 2 heterocycles. The van der Waals surface area contributed by atoms with Crippen molar-refractivity contribution in [1.82, 2.24) is 18.9 Å². The Bertz CT molecular complexity index is 2980. The third-order valence-electron chi connectivity index (χ3n) is 12.8. The van der Waals surface area contributed by atoms with Gasteiger partial charge in [0.1, 0.15) is 61.0 Å². The summed E-state index contributed by atoms with van der Waals surface area (Å²) in [6.07, 6.45) is -25.1. The molecule has 0 bridgehead atoms. The Morgan fingerprint density at radius 3 is 1.21 bits per heavy atom. The van der Waals surface area contributed by atoms with Crippen molar-refractivity contribution in [2.75, 3.05) is 13.2 Å². The zero-order valence-corrected chi connectivity index (χ0v) is 42.9. The summed E-state index contributed by atoms with van der Waals surface area (Å²) in [6, 6.07) is 16.9. The van der Waals surface area contributed by atoms with Crippen molar-refractivity contribution in [2.45, 2.75) is 145 Å². The van der Waals surface area contributed by atoms with Crippen LogP contribution in [-0.4, -0.2) is 174 Å². The number of hydrogen-bond acceptors (Lipinski definition) is 19. The van der Waals surface area contributed by atoms with Crippen molar-refractivity contribution in [2.24, 2.45) is 0 Å². The van der Waals surface area contributed by atoms with E-state index in [1.165, 1.54) is 84.9 Å². The van der Waals surface area contributed by atoms with Crippen LogP contribution in [-0.2, 0) is 59.0 Å². The van der Waals surface area contributed by atoms with E-state index in [0.717, 1.165) is 5.56 Å². The van der Waals surface area contributed by atoms with Crippen molar-refractivity contribution in [3.05, 3.63) is 119 Å². The lowest BCUT2D eigenvalue weighted by molar-refractivity contribution is -0.333. The van der Waals surface area contributed by atoms with Crippen LogP contribution in [0.15, 0.2) is 117 Å². The summed E-state index contributed by atoms with van der Waals surface area (Å²) in [7, 11) is -18.1. The second-order valence-corrected chi connectivity index (χ2v) is 25.3. The maximum atomic E-state index is 14.2. The van der Waals surface area contributed by atoms with E-state index in [1.807, 2.05) is 0 Å². The highest BCUT2D eigenvalue weighted by molar-refractivity contribution is 7.90. The number of hydrogen-bond donors (Lipinski definition) is 11. The second-order valence-electron chi connectivity index (χ2n) is 18.4. The van der Waals surface area contributed by atoms with Gasteiger partial charge in [-0.3, -0.25) is 0 Å². The normalized spacial score (nSPS) is 31.5. The first-order chi connectivity index (χ1) is 34.2. The molecule has 0 amide bonds. The van der Waals surface area contributed by atoms with Gasteiger partial charge in [0.15, 0.2) is 12.6 Å². The monoisotopic (exact) mass is 1100 g/mol. The van der Waals surface area contributed by atoms with Gasteiger partial charge in [-0.15, -0.1) is 0 Å². The maximum Gasteiger partial charge on any atom is 0.241 e. The highest BCUT2D eigenvalue weighted by Crippen LogP contribution is 2.35. The average molecular weight is 1100 g/mol. The molecule has 4 aromatic rings. The standard InChI is InChI=1S/C46H60N4O19S4/c1-24-5-13-28(14-6-24)70(58,59)47-22-34-38(53)40(55)41(56)46(66-34)69-44-33(49-72(62,63)30-17-9-26(3)10-18-30)21-32(48-71(60,61)29-15-7-25(2)8-16-29)43(42(44)57)68-45-39(54)36(37(52)35(23-51)67-45)50-73(64,65)31-19-11-27(4)12-20-31/h5-20,32-57H,21-23H2,1-4H3/t32-,33+,34-,35-,36+,37-,38-,39-,40+,41-,42-,43+,44-,45-,46-/m1/s1. The number of aliphatic hydroxyl groups is 7. The van der Waals surface area contributed by atoms with Crippen LogP contribution in [0, 0.1) is 27.7 Å². The zero-order valence-electron chi connectivity index (χ0n) is 39.7. The molecule has 3 fully saturated rings. The predicted octanol–water partition coefficient (Wildman–Crippen LogP) is -1.98. The minimum absolute atomic E-state index is 0.161. The van der Waals surface area contributed by atoms with Crippen LogP contribution < -0.4 is 18.9 Å². The molecule has 15 atom stereocenters. The lowest BCUT2D eigenvalue weighted by Crippen LogP contribution is -2.70. The van der Waals surface area contributed by atoms with Gasteiger partial charge in [0.2, 0.25) is 40.1 Å². The Kier molecular flexibility index (Phi) is 17.7. The Labute approximate surface area is 423 Å². The summed E-state index contributed by atoms with van der Waals surface area (Å²) in [5.74, 6) is 0. The van der Waals surface area contributed by atoms with Gasteiger partial charge in [0, 0.05) is 6.54 Å². The molecular formula is C46H60N4O19S4. The molecule has 0 radical (unpaired) electrons. The molecular weight excluding hydrogens is 1040 g/mol. The van der Waals surface area contributed by atoms with Crippen LogP contribution in [0.3, 0.4) is 0 Å². The molecule has 2 saturated heterocycles. The summed E-state index contributed by atoms with van der Waals surface area (Å²) in [5.41, 5.74) is 2.85. The average Bonchev–Trinajstić information content (AvgIpc) is 3.33. The SMILES string of the molecule is Cc1ccc(S(=O)(=O)NC[C@H]2O[C@H](O[C@H]3[C@H](O)[C@@H](O[C@H]4O[C@H](CO)[C@@H](O)[C@H](NS(=O)(=O)c5ccc(C)cc5)[C@H]4O)[C@H](NS(=O)(=O)c4ccc(C)cc4)C[C@@H]3NS(=O)(=O)c3ccc(C)cc3)[C@H](O)[C@@H](O)[C@@H]2O)cc1. The highest BCUT2D eigenvalue weighted by Gasteiger charge is 2.55. The van der Waals surface area contributed by atoms with E-state index in [9.17, 15) is 69.4 Å². The lowest BCUT2D eigenvalue weighted by Gasteiger charge is -2.49. The molecule has 402 valence electrons. The Morgan fingerprint density at radius 2 is 0.808 bits per heavy atom. The summed E-state index contributed by atoms with van der Waals surface area (Å²) < 4.78 is 143. The van der Waals surface area contributed by atoms with Crippen LogP contribution in [0.5, 0.6) is 0 Å². The molecule has 2 aliphatic heterocycles. The number of aryl methyl sites for hydroxylation is 4. The van der Waals surface area contributed by atoms with Crippen molar-refractivity contribution in [3.63, 3.8) is 0 Å². The molecule has 7 rings (SSSR count). The van der Waals surface area contributed by atoms with E-state index in [-0.39, 0.29) is 19.6 Å². The molecule has 0 spiro atoms. The number of rotatable bonds is 18.